The van der Waals surface area contributed by atoms with Gasteiger partial charge in [-0.1, -0.05) is 12.1 Å². The minimum atomic E-state index is -5.45. The van der Waals surface area contributed by atoms with Gasteiger partial charge in [-0.2, -0.15) is 13.2 Å². The van der Waals surface area contributed by atoms with Gasteiger partial charge in [0.25, 0.3) is 9.84 Å². The fraction of sp³-hybridized carbons (Fsp3) is 0.0909. The second kappa shape index (κ2) is 3.53. The molecule has 19 heavy (non-hydrogen) atoms. The van der Waals surface area contributed by atoms with Crippen LogP contribution in [0.4, 0.5) is 13.2 Å². The number of rotatable bonds is 1. The van der Waals surface area contributed by atoms with E-state index in [0.29, 0.717) is 0 Å². The number of benzene rings is 1. The summed E-state index contributed by atoms with van der Waals surface area (Å²) in [6, 6.07) is 4.05. The van der Waals surface area contributed by atoms with Crippen molar-refractivity contribution in [3.63, 3.8) is 0 Å². The summed E-state index contributed by atoms with van der Waals surface area (Å²) >= 11 is 0. The Labute approximate surface area is 105 Å². The monoisotopic (exact) mass is 286 g/mol. The fourth-order valence-corrected chi connectivity index (χ4v) is 3.11. The topological polar surface area (TPSA) is 59.9 Å². The fourth-order valence-electron chi connectivity index (χ4n) is 1.95. The van der Waals surface area contributed by atoms with Crippen LogP contribution in [0.5, 0.6) is 0 Å². The zero-order valence-electron chi connectivity index (χ0n) is 9.14. The van der Waals surface area contributed by atoms with Crippen LogP contribution >= 0.6 is 0 Å². The van der Waals surface area contributed by atoms with Crippen molar-refractivity contribution in [2.24, 2.45) is 0 Å². The molecule has 0 aliphatic carbocycles. The highest BCUT2D eigenvalue weighted by atomic mass is 32.2. The molecule has 4 rings (SSSR count). The van der Waals surface area contributed by atoms with Crippen molar-refractivity contribution in [3.8, 4) is 22.5 Å². The van der Waals surface area contributed by atoms with E-state index in [-0.39, 0.29) is 22.5 Å². The van der Waals surface area contributed by atoms with Crippen molar-refractivity contribution in [2.45, 2.75) is 10.4 Å². The van der Waals surface area contributed by atoms with Crippen LogP contribution in [0.15, 0.2) is 35.5 Å². The maximum absolute atomic E-state index is 12.8. The van der Waals surface area contributed by atoms with Gasteiger partial charge in [-0.25, -0.2) is 18.4 Å². The van der Waals surface area contributed by atoms with Crippen LogP contribution in [0.2, 0.25) is 0 Å². The van der Waals surface area contributed by atoms with Gasteiger partial charge in [0.05, 0.1) is 4.90 Å². The first-order valence-corrected chi connectivity index (χ1v) is 6.58. The van der Waals surface area contributed by atoms with E-state index in [0.717, 1.165) is 0 Å². The van der Waals surface area contributed by atoms with E-state index in [1.165, 1.54) is 30.6 Å². The molecule has 0 radical (unpaired) electrons. The number of alkyl halides is 3. The molecule has 0 amide bonds. The molecule has 2 aromatic rings. The van der Waals surface area contributed by atoms with Crippen LogP contribution in [0.25, 0.3) is 22.5 Å². The molecule has 8 heteroatoms. The van der Waals surface area contributed by atoms with Crippen molar-refractivity contribution in [1.29, 1.82) is 0 Å². The Hall–Kier alpha value is -1.96. The normalized spacial score (nSPS) is 13.4. The first-order chi connectivity index (χ1) is 8.82. The summed E-state index contributed by atoms with van der Waals surface area (Å²) < 4.78 is 61.7. The third-order valence-corrected chi connectivity index (χ3v) is 4.38. The van der Waals surface area contributed by atoms with Crippen LogP contribution < -0.4 is 0 Å². The average molecular weight is 286 g/mol. The zero-order chi connectivity index (χ0) is 13.8. The summed E-state index contributed by atoms with van der Waals surface area (Å²) in [5.41, 5.74) is -5.28. The van der Waals surface area contributed by atoms with Crippen LogP contribution in [0.3, 0.4) is 0 Å². The molecule has 4 bridgehead atoms. The van der Waals surface area contributed by atoms with Gasteiger partial charge in [0, 0.05) is 29.1 Å². The molecule has 0 saturated heterocycles. The Balaban J connectivity index is 2.45. The van der Waals surface area contributed by atoms with E-state index in [9.17, 15) is 21.6 Å². The van der Waals surface area contributed by atoms with Crippen molar-refractivity contribution in [2.75, 3.05) is 0 Å². The van der Waals surface area contributed by atoms with Gasteiger partial charge < -0.3 is 0 Å². The van der Waals surface area contributed by atoms with Crippen molar-refractivity contribution >= 4 is 9.84 Å². The van der Waals surface area contributed by atoms with Gasteiger partial charge in [-0.15, -0.1) is 0 Å². The molecular formula is C11H5F3N2O2S. The lowest BCUT2D eigenvalue weighted by Gasteiger charge is -2.13. The molecule has 1 aromatic heterocycles. The van der Waals surface area contributed by atoms with Crippen molar-refractivity contribution < 1.29 is 21.6 Å². The quantitative estimate of drug-likeness (QED) is 0.689. The lowest BCUT2D eigenvalue weighted by atomic mass is 10.1. The second-order valence-corrected chi connectivity index (χ2v) is 5.80. The molecule has 1 aromatic carbocycles. The molecule has 0 atom stereocenters. The third kappa shape index (κ3) is 1.56. The molecule has 98 valence electrons. The van der Waals surface area contributed by atoms with Crippen LogP contribution in [-0.4, -0.2) is 23.9 Å². The Morgan fingerprint density at radius 2 is 1.58 bits per heavy atom. The lowest BCUT2D eigenvalue weighted by molar-refractivity contribution is -0.0435. The molecule has 2 aliphatic heterocycles. The molecule has 0 N–H and O–H groups in total. The van der Waals surface area contributed by atoms with Gasteiger partial charge in [0.1, 0.15) is 0 Å². The minimum Gasteiger partial charge on any atom is -0.236 e. The van der Waals surface area contributed by atoms with E-state index in [1.807, 2.05) is 0 Å². The largest absolute Gasteiger partial charge is 0.501 e. The van der Waals surface area contributed by atoms with E-state index in [4.69, 9.17) is 0 Å². The Morgan fingerprint density at radius 3 is 2.16 bits per heavy atom. The number of fused-ring (bicyclic) bond motifs is 2. The predicted molar refractivity (Wildman–Crippen MR) is 59.7 cm³/mol. The molecule has 2 aliphatic rings. The lowest BCUT2D eigenvalue weighted by Crippen LogP contribution is -2.24. The van der Waals surface area contributed by atoms with Crippen LogP contribution in [0.1, 0.15) is 0 Å². The van der Waals surface area contributed by atoms with Gasteiger partial charge in [0.2, 0.25) is 0 Å². The van der Waals surface area contributed by atoms with E-state index in [2.05, 4.69) is 9.97 Å². The summed E-state index contributed by atoms with van der Waals surface area (Å²) in [6.07, 6.45) is 2.61. The number of aromatic nitrogens is 2. The van der Waals surface area contributed by atoms with E-state index >= 15 is 0 Å². The number of hydrogen-bond acceptors (Lipinski definition) is 4. The minimum absolute atomic E-state index is 0.0326. The molecule has 0 fully saturated rings. The second-order valence-electron chi connectivity index (χ2n) is 3.93. The molecule has 3 heterocycles. The summed E-state index contributed by atoms with van der Waals surface area (Å²) in [7, 11) is -5.45. The average Bonchev–Trinajstić information content (AvgIpc) is 2.50. The summed E-state index contributed by atoms with van der Waals surface area (Å²) in [5.74, 6) is -0.0362. The number of halogens is 3. The Bertz CT molecular complexity index is 726. The summed E-state index contributed by atoms with van der Waals surface area (Å²) in [5, 5.41) is 0. The molecule has 0 unspecified atom stereocenters. The Morgan fingerprint density at radius 1 is 1.00 bits per heavy atom. The highest BCUT2D eigenvalue weighted by Crippen LogP contribution is 2.42. The van der Waals surface area contributed by atoms with Crippen LogP contribution in [0, 0.1) is 0 Å². The van der Waals surface area contributed by atoms with Crippen molar-refractivity contribution in [3.05, 3.63) is 30.6 Å². The van der Waals surface area contributed by atoms with Gasteiger partial charge in [-0.3, -0.25) is 0 Å². The first-order valence-electron chi connectivity index (χ1n) is 5.09. The van der Waals surface area contributed by atoms with Gasteiger partial charge in [-0.05, 0) is 6.07 Å². The smallest absolute Gasteiger partial charge is 0.236 e. The van der Waals surface area contributed by atoms with Gasteiger partial charge >= 0.3 is 5.51 Å². The summed E-state index contributed by atoms with van der Waals surface area (Å²) in [4.78, 5) is 6.93. The maximum Gasteiger partial charge on any atom is 0.501 e. The highest BCUT2D eigenvalue weighted by Gasteiger charge is 2.49. The van der Waals surface area contributed by atoms with E-state index in [1.54, 1.807) is 0 Å². The number of sulfone groups is 1. The third-order valence-electron chi connectivity index (χ3n) is 2.79. The van der Waals surface area contributed by atoms with Crippen molar-refractivity contribution in [1.82, 2.24) is 9.97 Å². The molecular weight excluding hydrogens is 281 g/mol. The maximum atomic E-state index is 12.8. The SMILES string of the molecule is O=S(=O)(c1c2cccc1-c1ncc-2cn1)C(F)(F)F. The number of hydrogen-bond donors (Lipinski definition) is 0. The highest BCUT2D eigenvalue weighted by molar-refractivity contribution is 7.92. The first kappa shape index (κ1) is 12.1. The van der Waals surface area contributed by atoms with Gasteiger partial charge in [0.15, 0.2) is 5.82 Å². The molecule has 4 nitrogen and oxygen atoms in total. The zero-order valence-corrected chi connectivity index (χ0v) is 9.96. The van der Waals surface area contributed by atoms with Crippen LogP contribution in [-0.2, 0) is 9.84 Å². The number of nitrogens with zero attached hydrogens (tertiary/aromatic N) is 2. The van der Waals surface area contributed by atoms with E-state index < -0.39 is 20.2 Å². The molecule has 0 saturated carbocycles. The molecule has 0 spiro atoms. The summed E-state index contributed by atoms with van der Waals surface area (Å²) in [6.45, 7) is 0. The predicted octanol–water partition coefficient (Wildman–Crippen LogP) is 2.42. The Kier molecular flexibility index (Phi) is 2.25. The standard InChI is InChI=1S/C11H5F3N2O2S/c12-11(13,14)19(17,18)9-7-2-1-3-8(9)10-15-4-6(7)5-16-10/h1-5H.